The molecule has 0 aliphatic heterocycles. The van der Waals surface area contributed by atoms with Crippen LogP contribution in [0.3, 0.4) is 0 Å². The van der Waals surface area contributed by atoms with Crippen LogP contribution in [0, 0.1) is 0 Å². The molecule has 6 nitrogen and oxygen atoms in total. The van der Waals surface area contributed by atoms with Crippen molar-refractivity contribution < 1.29 is 0 Å². The second-order valence-corrected chi connectivity index (χ2v) is 3.43. The lowest BCUT2D eigenvalue weighted by molar-refractivity contribution is 0.692. The first kappa shape index (κ1) is 11.7. The van der Waals surface area contributed by atoms with E-state index in [4.69, 9.17) is 0 Å². The van der Waals surface area contributed by atoms with Gasteiger partial charge in [0.1, 0.15) is 5.69 Å². The van der Waals surface area contributed by atoms with E-state index in [2.05, 4.69) is 33.0 Å². The average Bonchev–Trinajstić information content (AvgIpc) is 2.24. The van der Waals surface area contributed by atoms with E-state index >= 15 is 0 Å². The van der Waals surface area contributed by atoms with Crippen molar-refractivity contribution in [3.8, 4) is 0 Å². The number of hydrogen-bond donors (Lipinski definition) is 1. The van der Waals surface area contributed by atoms with Crippen LogP contribution in [0.2, 0.25) is 0 Å². The van der Waals surface area contributed by atoms with Gasteiger partial charge in [-0.05, 0) is 6.72 Å². The monoisotopic (exact) mass is 274 g/mol. The quantitative estimate of drug-likeness (QED) is 0.486. The van der Waals surface area contributed by atoms with Gasteiger partial charge in [0.15, 0.2) is 5.82 Å². The molecule has 82 valence electrons. The zero-order valence-electron chi connectivity index (χ0n) is 8.45. The lowest BCUT2D eigenvalue weighted by Crippen LogP contribution is -2.38. The fourth-order valence-electron chi connectivity index (χ4n) is 1.24. The van der Waals surface area contributed by atoms with Gasteiger partial charge in [-0.3, -0.25) is 13.9 Å². The normalized spacial score (nSPS) is 10.1. The molecule has 1 aromatic rings. The second kappa shape index (κ2) is 4.43. The molecular weight excluding hydrogens is 264 g/mol. The molecule has 1 rings (SSSR count). The third-order valence-electron chi connectivity index (χ3n) is 2.03. The summed E-state index contributed by atoms with van der Waals surface area (Å²) >= 11 is 3.14. The third-order valence-corrected chi connectivity index (χ3v) is 2.31. The van der Waals surface area contributed by atoms with Gasteiger partial charge in [0.25, 0.3) is 5.56 Å². The number of rotatable bonds is 3. The summed E-state index contributed by atoms with van der Waals surface area (Å²) in [5, 5.41) is 2.79. The van der Waals surface area contributed by atoms with Crippen LogP contribution in [0.1, 0.15) is 0 Å². The molecule has 0 atom stereocenters. The largest absolute Gasteiger partial charge is 0.368 e. The SMILES string of the molecule is C=Nc1c(NCBr)c(=O)n(C)c(=O)n1C. The van der Waals surface area contributed by atoms with Crippen molar-refractivity contribution in [2.45, 2.75) is 0 Å². The van der Waals surface area contributed by atoms with Crippen LogP contribution in [0.4, 0.5) is 11.5 Å². The van der Waals surface area contributed by atoms with Crippen molar-refractivity contribution in [3.05, 3.63) is 20.8 Å². The topological polar surface area (TPSA) is 68.4 Å². The van der Waals surface area contributed by atoms with E-state index in [1.807, 2.05) is 0 Å². The predicted octanol–water partition coefficient (Wildman–Crippen LogP) is 0.180. The zero-order valence-corrected chi connectivity index (χ0v) is 10.0. The first-order valence-electron chi connectivity index (χ1n) is 4.11. The number of hydrogen-bond acceptors (Lipinski definition) is 4. The Labute approximate surface area is 94.4 Å². The number of nitrogens with zero attached hydrogens (tertiary/aromatic N) is 3. The summed E-state index contributed by atoms with van der Waals surface area (Å²) < 4.78 is 2.28. The van der Waals surface area contributed by atoms with Crippen LogP contribution in [0.5, 0.6) is 0 Å². The molecule has 0 saturated heterocycles. The Hall–Kier alpha value is -1.37. The molecule has 0 bridgehead atoms. The van der Waals surface area contributed by atoms with Gasteiger partial charge >= 0.3 is 5.69 Å². The fourth-order valence-corrected chi connectivity index (χ4v) is 1.52. The molecule has 0 aromatic carbocycles. The van der Waals surface area contributed by atoms with Crippen molar-refractivity contribution in [1.82, 2.24) is 9.13 Å². The fraction of sp³-hybridized carbons (Fsp3) is 0.375. The van der Waals surface area contributed by atoms with Gasteiger partial charge in [0, 0.05) is 14.1 Å². The van der Waals surface area contributed by atoms with Crippen molar-refractivity contribution in [2.75, 3.05) is 10.8 Å². The smallest absolute Gasteiger partial charge is 0.332 e. The molecule has 1 N–H and O–H groups in total. The highest BCUT2D eigenvalue weighted by Gasteiger charge is 2.13. The highest BCUT2D eigenvalue weighted by molar-refractivity contribution is 9.09. The predicted molar refractivity (Wildman–Crippen MR) is 63.5 cm³/mol. The van der Waals surface area contributed by atoms with Crippen LogP contribution in [-0.4, -0.2) is 21.3 Å². The summed E-state index contributed by atoms with van der Waals surface area (Å²) in [6.45, 7) is 3.33. The number of aliphatic imine (C=N–C) groups is 1. The maximum absolute atomic E-state index is 11.7. The second-order valence-electron chi connectivity index (χ2n) is 2.87. The number of nitrogens with one attached hydrogen (secondary N) is 1. The molecular formula is C8H11BrN4O2. The van der Waals surface area contributed by atoms with E-state index in [0.29, 0.717) is 5.45 Å². The lowest BCUT2D eigenvalue weighted by atomic mass is 10.4. The van der Waals surface area contributed by atoms with Crippen LogP contribution in [-0.2, 0) is 14.1 Å². The summed E-state index contributed by atoms with van der Waals surface area (Å²) in [6, 6.07) is 0. The number of alkyl halides is 1. The molecule has 0 aliphatic carbocycles. The van der Waals surface area contributed by atoms with E-state index in [1.54, 1.807) is 0 Å². The van der Waals surface area contributed by atoms with E-state index in [9.17, 15) is 9.59 Å². The Morgan fingerprint density at radius 1 is 1.40 bits per heavy atom. The maximum Gasteiger partial charge on any atom is 0.332 e. The maximum atomic E-state index is 11.7. The van der Waals surface area contributed by atoms with Crippen molar-refractivity contribution >= 4 is 34.2 Å². The molecule has 0 unspecified atom stereocenters. The first-order valence-corrected chi connectivity index (χ1v) is 5.23. The van der Waals surface area contributed by atoms with E-state index in [1.165, 1.54) is 18.7 Å². The van der Waals surface area contributed by atoms with Gasteiger partial charge in [0.2, 0.25) is 0 Å². The molecule has 0 saturated carbocycles. The van der Waals surface area contributed by atoms with Gasteiger partial charge in [-0.1, -0.05) is 15.9 Å². The Kier molecular flexibility index (Phi) is 3.46. The van der Waals surface area contributed by atoms with Gasteiger partial charge in [-0.25, -0.2) is 9.79 Å². The molecule has 0 spiro atoms. The molecule has 0 radical (unpaired) electrons. The van der Waals surface area contributed by atoms with Crippen LogP contribution in [0.25, 0.3) is 0 Å². The molecule has 1 heterocycles. The number of anilines is 1. The third kappa shape index (κ3) is 1.87. The average molecular weight is 275 g/mol. The lowest BCUT2D eigenvalue weighted by Gasteiger charge is -2.11. The van der Waals surface area contributed by atoms with Crippen LogP contribution in [0.15, 0.2) is 14.6 Å². The Morgan fingerprint density at radius 3 is 2.47 bits per heavy atom. The highest BCUT2D eigenvalue weighted by Crippen LogP contribution is 2.16. The number of halogens is 1. The molecule has 0 aliphatic rings. The molecule has 15 heavy (non-hydrogen) atoms. The van der Waals surface area contributed by atoms with Crippen molar-refractivity contribution in [3.63, 3.8) is 0 Å². The first-order chi connectivity index (χ1) is 7.04. The molecule has 0 fully saturated rings. The minimum atomic E-state index is -0.428. The van der Waals surface area contributed by atoms with Gasteiger partial charge in [0.05, 0.1) is 5.45 Å². The summed E-state index contributed by atoms with van der Waals surface area (Å²) in [7, 11) is 2.95. The van der Waals surface area contributed by atoms with Gasteiger partial charge in [-0.15, -0.1) is 0 Å². The minimum absolute atomic E-state index is 0.238. The van der Waals surface area contributed by atoms with Gasteiger partial charge in [-0.2, -0.15) is 0 Å². The Bertz CT molecular complexity index is 503. The van der Waals surface area contributed by atoms with Crippen LogP contribution >= 0.6 is 15.9 Å². The van der Waals surface area contributed by atoms with Gasteiger partial charge < -0.3 is 5.32 Å². The summed E-state index contributed by atoms with van der Waals surface area (Å²) in [5.74, 6) is 0.238. The number of aromatic nitrogens is 2. The van der Waals surface area contributed by atoms with E-state index < -0.39 is 11.2 Å². The summed E-state index contributed by atoms with van der Waals surface area (Å²) in [6.07, 6.45) is 0. The summed E-state index contributed by atoms with van der Waals surface area (Å²) in [5.41, 5.74) is -0.197. The van der Waals surface area contributed by atoms with Crippen LogP contribution < -0.4 is 16.6 Å². The molecule has 0 amide bonds. The molecule has 7 heteroatoms. The van der Waals surface area contributed by atoms with Crippen molar-refractivity contribution in [2.24, 2.45) is 19.1 Å². The highest BCUT2D eigenvalue weighted by atomic mass is 79.9. The zero-order chi connectivity index (χ0) is 11.6. The Morgan fingerprint density at radius 2 is 2.00 bits per heavy atom. The van der Waals surface area contributed by atoms with E-state index in [-0.39, 0.29) is 11.5 Å². The standard InChI is InChI=1S/C8H11BrN4O2/c1-10-6-5(11-4-9)7(14)13(3)8(15)12(6)2/h11H,1,4H2,2-3H3. The van der Waals surface area contributed by atoms with E-state index in [0.717, 1.165) is 4.57 Å². The minimum Gasteiger partial charge on any atom is -0.368 e. The summed E-state index contributed by atoms with van der Waals surface area (Å²) in [4.78, 5) is 26.9. The molecule has 1 aromatic heterocycles. The van der Waals surface area contributed by atoms with Crippen molar-refractivity contribution in [1.29, 1.82) is 0 Å². The Balaban J connectivity index is 3.70.